The number of rotatable bonds is 5. The lowest BCUT2D eigenvalue weighted by molar-refractivity contribution is -0.120. The molecule has 2 aliphatic carbocycles. The molecule has 3 aromatic rings. The van der Waals surface area contributed by atoms with Gasteiger partial charge >= 0.3 is 0 Å². The van der Waals surface area contributed by atoms with E-state index < -0.39 is 20.0 Å². The SMILES string of the molecule is CS(N)(=O)=O.CS(N)(=O)=O.O=C(Nc1cc2nc(-c3ccc(C(=O)C4CCCCC4)cc3)[nH]c2cn1)C1CCCCC1. The molecule has 0 unspecified atom stereocenters. The Hall–Kier alpha value is -3.20. The van der Waals surface area contributed by atoms with Crippen molar-refractivity contribution in [3.63, 3.8) is 0 Å². The van der Waals surface area contributed by atoms with Crippen molar-refractivity contribution in [1.82, 2.24) is 15.0 Å². The summed E-state index contributed by atoms with van der Waals surface area (Å²) in [6.45, 7) is 0. The van der Waals surface area contributed by atoms with E-state index in [1.54, 1.807) is 6.20 Å². The number of H-pyrrole nitrogens is 1. The quantitative estimate of drug-likeness (QED) is 0.308. The summed E-state index contributed by atoms with van der Waals surface area (Å²) in [5, 5.41) is 11.6. The van der Waals surface area contributed by atoms with Crippen LogP contribution in [0, 0.1) is 11.8 Å². The van der Waals surface area contributed by atoms with E-state index >= 15 is 0 Å². The minimum absolute atomic E-state index is 0.0607. The zero-order chi connectivity index (χ0) is 30.9. The first-order chi connectivity index (χ1) is 19.7. The lowest BCUT2D eigenvalue weighted by Gasteiger charge is -2.20. The molecule has 0 spiro atoms. The number of benzene rings is 1. The van der Waals surface area contributed by atoms with Crippen molar-refractivity contribution in [2.45, 2.75) is 64.2 Å². The van der Waals surface area contributed by atoms with Crippen molar-refractivity contribution in [3.8, 4) is 11.4 Å². The van der Waals surface area contributed by atoms with Gasteiger partial charge in [-0.25, -0.2) is 37.1 Å². The number of nitrogens with zero attached hydrogens (tertiary/aromatic N) is 2. The van der Waals surface area contributed by atoms with Gasteiger partial charge in [0.15, 0.2) is 5.78 Å². The van der Waals surface area contributed by atoms with Gasteiger partial charge in [0.2, 0.25) is 26.0 Å². The number of sulfonamides is 2. The number of nitrogens with two attached hydrogens (primary N) is 2. The second kappa shape index (κ2) is 14.8. The summed E-state index contributed by atoms with van der Waals surface area (Å²) in [5.74, 6) is 1.86. The summed E-state index contributed by atoms with van der Waals surface area (Å²) in [7, 11) is -6.33. The summed E-state index contributed by atoms with van der Waals surface area (Å²) < 4.78 is 37.6. The number of amides is 1. The highest BCUT2D eigenvalue weighted by Gasteiger charge is 2.23. The van der Waals surface area contributed by atoms with Crippen molar-refractivity contribution < 1.29 is 26.4 Å². The van der Waals surface area contributed by atoms with Crippen LogP contribution in [0.3, 0.4) is 0 Å². The third kappa shape index (κ3) is 11.6. The summed E-state index contributed by atoms with van der Waals surface area (Å²) in [5.41, 5.74) is 3.29. The molecule has 0 bridgehead atoms. The summed E-state index contributed by atoms with van der Waals surface area (Å²) in [4.78, 5) is 37.7. The molecule has 1 aromatic carbocycles. The number of ketones is 1. The second-order valence-electron chi connectivity index (χ2n) is 10.9. The third-order valence-corrected chi connectivity index (χ3v) is 7.01. The van der Waals surface area contributed by atoms with E-state index in [0.29, 0.717) is 5.82 Å². The van der Waals surface area contributed by atoms with Crippen LogP contribution < -0.4 is 15.6 Å². The van der Waals surface area contributed by atoms with E-state index in [9.17, 15) is 26.4 Å². The molecule has 1 amide bonds. The Morgan fingerprint density at radius 2 is 1.33 bits per heavy atom. The highest BCUT2D eigenvalue weighted by atomic mass is 32.2. The maximum Gasteiger partial charge on any atom is 0.228 e. The molecule has 2 fully saturated rings. The van der Waals surface area contributed by atoms with Crippen molar-refractivity contribution in [1.29, 1.82) is 0 Å². The molecule has 230 valence electrons. The van der Waals surface area contributed by atoms with E-state index in [0.717, 1.165) is 91.9 Å². The molecule has 2 saturated carbocycles. The number of aromatic nitrogens is 3. The highest BCUT2D eigenvalue weighted by molar-refractivity contribution is 7.88. The number of Topliss-reactive ketones (excluding diaryl/α,β-unsaturated/α-hetero) is 1. The van der Waals surface area contributed by atoms with E-state index in [1.807, 2.05) is 30.3 Å². The van der Waals surface area contributed by atoms with Gasteiger partial charge < -0.3 is 10.3 Å². The Kier molecular flexibility index (Phi) is 11.7. The van der Waals surface area contributed by atoms with Gasteiger partial charge in [-0.15, -0.1) is 0 Å². The number of nitrogens with one attached hydrogen (secondary N) is 2. The molecule has 2 aliphatic rings. The third-order valence-electron chi connectivity index (χ3n) is 7.01. The lowest BCUT2D eigenvalue weighted by atomic mass is 9.84. The Bertz CT molecular complexity index is 1530. The normalized spacial score (nSPS) is 16.5. The van der Waals surface area contributed by atoms with Crippen LogP contribution in [-0.4, -0.2) is 56.0 Å². The van der Waals surface area contributed by atoms with E-state index in [4.69, 9.17) is 4.98 Å². The number of carbonyl (C=O) groups is 2. The van der Waals surface area contributed by atoms with Gasteiger partial charge in [0.25, 0.3) is 0 Å². The number of anilines is 1. The molecule has 14 heteroatoms. The first-order valence-electron chi connectivity index (χ1n) is 13.9. The minimum Gasteiger partial charge on any atom is -0.337 e. The zero-order valence-corrected chi connectivity index (χ0v) is 25.6. The summed E-state index contributed by atoms with van der Waals surface area (Å²) in [6, 6.07) is 9.54. The van der Waals surface area contributed by atoms with Gasteiger partial charge in [-0.3, -0.25) is 9.59 Å². The number of hydrogen-bond donors (Lipinski definition) is 4. The Morgan fingerprint density at radius 1 is 0.833 bits per heavy atom. The lowest BCUT2D eigenvalue weighted by Crippen LogP contribution is -2.25. The molecule has 12 nitrogen and oxygen atoms in total. The fourth-order valence-electron chi connectivity index (χ4n) is 5.10. The molecule has 0 aliphatic heterocycles. The van der Waals surface area contributed by atoms with Gasteiger partial charge in [0.05, 0.1) is 29.7 Å². The van der Waals surface area contributed by atoms with Crippen molar-refractivity contribution in [3.05, 3.63) is 42.1 Å². The first-order valence-corrected chi connectivity index (χ1v) is 17.8. The fourth-order valence-corrected chi connectivity index (χ4v) is 5.10. The maximum atomic E-state index is 12.8. The molecule has 0 radical (unpaired) electrons. The summed E-state index contributed by atoms with van der Waals surface area (Å²) >= 11 is 0. The van der Waals surface area contributed by atoms with Gasteiger partial charge in [-0.05, 0) is 25.7 Å². The monoisotopic (exact) mass is 620 g/mol. The van der Waals surface area contributed by atoms with Crippen LogP contribution in [0.25, 0.3) is 22.4 Å². The highest BCUT2D eigenvalue weighted by Crippen LogP contribution is 2.29. The fraction of sp³-hybridized carbons (Fsp3) is 0.500. The minimum atomic E-state index is -3.17. The number of hydrogen-bond acceptors (Lipinski definition) is 8. The maximum absolute atomic E-state index is 12.8. The average molecular weight is 621 g/mol. The molecule has 0 atom stereocenters. The van der Waals surface area contributed by atoms with E-state index in [1.165, 1.54) is 12.8 Å². The molecule has 0 saturated heterocycles. The largest absolute Gasteiger partial charge is 0.337 e. The molecule has 6 N–H and O–H groups in total. The Morgan fingerprint density at radius 3 is 1.86 bits per heavy atom. The van der Waals surface area contributed by atoms with Crippen molar-refractivity contribution >= 4 is 48.6 Å². The van der Waals surface area contributed by atoms with Crippen LogP contribution in [0.2, 0.25) is 0 Å². The standard InChI is InChI=1S/C26H30N4O2.2CH5NO2S/c31-24(17-7-3-1-4-8-17)18-11-13-19(14-12-18)25-28-21-15-23(27-16-22(21)29-25)30-26(32)20-9-5-2-6-10-20;2*1-5(2,3)4/h11-17,20H,1-10H2,(H,28,29)(H,27,30,32);2*1H3,(H2,2,3,4). The number of fused-ring (bicyclic) bond motifs is 1. The van der Waals surface area contributed by atoms with Crippen LogP contribution in [0.15, 0.2) is 36.5 Å². The van der Waals surface area contributed by atoms with Gasteiger partial charge in [-0.1, -0.05) is 62.8 Å². The van der Waals surface area contributed by atoms with Gasteiger partial charge in [0.1, 0.15) is 11.6 Å². The van der Waals surface area contributed by atoms with Crippen LogP contribution in [0.4, 0.5) is 5.82 Å². The van der Waals surface area contributed by atoms with Crippen molar-refractivity contribution in [2.75, 3.05) is 17.8 Å². The molecular weight excluding hydrogens is 580 g/mol. The molecule has 2 aromatic heterocycles. The smallest absolute Gasteiger partial charge is 0.228 e. The Labute approximate surface area is 247 Å². The van der Waals surface area contributed by atoms with Crippen LogP contribution in [0.1, 0.15) is 74.6 Å². The van der Waals surface area contributed by atoms with Gasteiger partial charge in [-0.2, -0.15) is 0 Å². The van der Waals surface area contributed by atoms with Crippen LogP contribution in [-0.2, 0) is 24.8 Å². The van der Waals surface area contributed by atoms with Crippen molar-refractivity contribution in [2.24, 2.45) is 22.1 Å². The van der Waals surface area contributed by atoms with E-state index in [-0.39, 0.29) is 23.5 Å². The van der Waals surface area contributed by atoms with Crippen LogP contribution >= 0.6 is 0 Å². The predicted molar refractivity (Wildman–Crippen MR) is 163 cm³/mol. The number of carbonyl (C=O) groups excluding carboxylic acids is 2. The number of imidazole rings is 1. The van der Waals surface area contributed by atoms with E-state index in [2.05, 4.69) is 25.6 Å². The molecule has 2 heterocycles. The number of pyridine rings is 1. The van der Waals surface area contributed by atoms with Crippen LogP contribution in [0.5, 0.6) is 0 Å². The Balaban J connectivity index is 0.000000420. The average Bonchev–Trinajstić information content (AvgIpc) is 3.35. The number of primary sulfonamides is 2. The summed E-state index contributed by atoms with van der Waals surface area (Å²) in [6.07, 6.45) is 14.6. The van der Waals surface area contributed by atoms with Gasteiger partial charge in [0, 0.05) is 29.0 Å². The zero-order valence-electron chi connectivity index (χ0n) is 24.0. The molecule has 42 heavy (non-hydrogen) atoms. The second-order valence-corrected chi connectivity index (χ2v) is 14.2. The number of aromatic amines is 1. The predicted octanol–water partition coefficient (Wildman–Crippen LogP) is 3.72. The topological polar surface area (TPSA) is 208 Å². The molecule has 5 rings (SSSR count). The first kappa shape index (κ1) is 33.3. The molecular formula is C28H40N6O6S2.